The van der Waals surface area contributed by atoms with E-state index in [9.17, 15) is 14.4 Å². The number of nitrogens with two attached hydrogens (primary N) is 1. The predicted octanol–water partition coefficient (Wildman–Crippen LogP) is 3.34. The second kappa shape index (κ2) is 6.56. The molecule has 4 aliphatic rings. The first-order valence-electron chi connectivity index (χ1n) is 10.7. The quantitative estimate of drug-likeness (QED) is 0.747. The van der Waals surface area contributed by atoms with Gasteiger partial charge in [0.2, 0.25) is 11.8 Å². The summed E-state index contributed by atoms with van der Waals surface area (Å²) in [5.74, 6) is 0.154. The molecule has 3 N–H and O–H groups in total. The summed E-state index contributed by atoms with van der Waals surface area (Å²) in [5, 5.41) is 4.20. The smallest absolute Gasteiger partial charge is 0.258 e. The van der Waals surface area contributed by atoms with Crippen molar-refractivity contribution in [3.8, 4) is 0 Å². The molecule has 2 aromatic rings. The summed E-state index contributed by atoms with van der Waals surface area (Å²) in [6, 6.07) is 7.04. The van der Waals surface area contributed by atoms with Crippen LogP contribution in [0.4, 0.5) is 5.69 Å². The summed E-state index contributed by atoms with van der Waals surface area (Å²) in [7, 11) is 0. The number of pyridine rings is 1. The Kier molecular flexibility index (Phi) is 4.17. The Hall–Kier alpha value is -2.89. The lowest BCUT2D eigenvalue weighted by atomic mass is 9.48. The third-order valence-electron chi connectivity index (χ3n) is 7.12. The third kappa shape index (κ3) is 3.24. The number of nitrogens with one attached hydrogen (secondary N) is 1. The summed E-state index contributed by atoms with van der Waals surface area (Å²) < 4.78 is 1.29. The summed E-state index contributed by atoms with van der Waals surface area (Å²) in [6.07, 6.45) is 10.3. The molecule has 3 atom stereocenters. The van der Waals surface area contributed by atoms with Crippen molar-refractivity contribution >= 4 is 28.3 Å². The van der Waals surface area contributed by atoms with Gasteiger partial charge in [0.1, 0.15) is 6.54 Å². The Morgan fingerprint density at radius 1 is 1.23 bits per heavy atom. The molecule has 2 saturated carbocycles. The van der Waals surface area contributed by atoms with Crippen LogP contribution in [-0.4, -0.2) is 16.4 Å². The third-order valence-corrected chi connectivity index (χ3v) is 7.12. The van der Waals surface area contributed by atoms with E-state index in [-0.39, 0.29) is 28.8 Å². The SMILES string of the molecule is CC12C=C3CC(C1)CC(CC(=O)Nc1cccc4c(=O)n(CC(N)=O)ccc14)(C3)C2. The standard InChI is InChI=1S/C24H27N3O3/c1-23-8-15-7-16(9-23)11-24(10-15,14-23)12-21(29)26-19-4-2-3-18-17(19)5-6-27(22(18)30)13-20(25)28/h2-6,8,16H,7,9-14H2,1H3,(H2,25,28)(H,26,29). The highest BCUT2D eigenvalue weighted by molar-refractivity contribution is 6.02. The van der Waals surface area contributed by atoms with E-state index in [0.29, 0.717) is 28.8 Å². The first kappa shape index (κ1) is 19.1. The van der Waals surface area contributed by atoms with E-state index in [1.165, 1.54) is 17.4 Å². The highest BCUT2D eigenvalue weighted by Gasteiger charge is 2.52. The van der Waals surface area contributed by atoms with Crippen LogP contribution in [0.25, 0.3) is 10.8 Å². The van der Waals surface area contributed by atoms with Crippen LogP contribution in [0.15, 0.2) is 46.9 Å². The van der Waals surface area contributed by atoms with Crippen LogP contribution in [-0.2, 0) is 16.1 Å². The van der Waals surface area contributed by atoms with Crippen molar-refractivity contribution in [1.82, 2.24) is 4.57 Å². The van der Waals surface area contributed by atoms with Crippen molar-refractivity contribution in [2.75, 3.05) is 5.32 Å². The maximum atomic E-state index is 13.1. The highest BCUT2D eigenvalue weighted by Crippen LogP contribution is 2.63. The van der Waals surface area contributed by atoms with E-state index >= 15 is 0 Å². The number of allylic oxidation sites excluding steroid dienone is 2. The number of nitrogens with zero attached hydrogens (tertiary/aromatic N) is 1. The Morgan fingerprint density at radius 3 is 2.80 bits per heavy atom. The number of hydrogen-bond acceptors (Lipinski definition) is 3. The minimum atomic E-state index is -0.569. The molecule has 0 radical (unpaired) electrons. The predicted molar refractivity (Wildman–Crippen MR) is 116 cm³/mol. The minimum Gasteiger partial charge on any atom is -0.368 e. The van der Waals surface area contributed by atoms with Gasteiger partial charge < -0.3 is 15.6 Å². The number of rotatable bonds is 5. The van der Waals surface area contributed by atoms with Gasteiger partial charge in [-0.25, -0.2) is 0 Å². The number of amides is 2. The Labute approximate surface area is 175 Å². The fourth-order valence-electron chi connectivity index (χ4n) is 6.71. The van der Waals surface area contributed by atoms with Crippen LogP contribution in [0.3, 0.4) is 0 Å². The Bertz CT molecular complexity index is 1160. The molecule has 6 rings (SSSR count). The molecule has 0 saturated heterocycles. The van der Waals surface area contributed by atoms with Crippen LogP contribution >= 0.6 is 0 Å². The normalized spacial score (nSPS) is 29.1. The van der Waals surface area contributed by atoms with Crippen molar-refractivity contribution in [1.29, 1.82) is 0 Å². The number of fused-ring (bicyclic) bond motifs is 1. The van der Waals surface area contributed by atoms with Gasteiger partial charge in [-0.2, -0.15) is 0 Å². The molecule has 6 heteroatoms. The van der Waals surface area contributed by atoms with Gasteiger partial charge in [-0.1, -0.05) is 24.6 Å². The minimum absolute atomic E-state index is 0.00923. The average Bonchev–Trinajstić information content (AvgIpc) is 2.61. The second-order valence-electron chi connectivity index (χ2n) is 10.00. The zero-order valence-corrected chi connectivity index (χ0v) is 17.2. The number of anilines is 1. The molecular weight excluding hydrogens is 378 g/mol. The number of carbonyl (C=O) groups excluding carboxylic acids is 2. The summed E-state index contributed by atoms with van der Waals surface area (Å²) in [5.41, 5.74) is 7.43. The van der Waals surface area contributed by atoms with E-state index in [2.05, 4.69) is 18.3 Å². The lowest BCUT2D eigenvalue weighted by Gasteiger charge is -2.57. The van der Waals surface area contributed by atoms with Crippen molar-refractivity contribution < 1.29 is 9.59 Å². The molecule has 156 valence electrons. The summed E-state index contributed by atoms with van der Waals surface area (Å²) in [6.45, 7) is 2.18. The van der Waals surface area contributed by atoms with E-state index in [1.807, 2.05) is 6.07 Å². The highest BCUT2D eigenvalue weighted by atomic mass is 16.2. The van der Waals surface area contributed by atoms with Crippen LogP contribution in [0, 0.1) is 16.7 Å². The van der Waals surface area contributed by atoms with Gasteiger partial charge in [-0.3, -0.25) is 14.4 Å². The topological polar surface area (TPSA) is 94.2 Å². The molecule has 3 unspecified atom stereocenters. The molecule has 1 aromatic carbocycles. The van der Waals surface area contributed by atoms with E-state index in [0.717, 1.165) is 19.3 Å². The van der Waals surface area contributed by atoms with E-state index in [4.69, 9.17) is 5.73 Å². The summed E-state index contributed by atoms with van der Waals surface area (Å²) in [4.78, 5) is 36.9. The maximum absolute atomic E-state index is 13.1. The fraction of sp³-hybridized carbons (Fsp3) is 0.458. The lowest BCUT2D eigenvalue weighted by Crippen LogP contribution is -2.47. The van der Waals surface area contributed by atoms with Gasteiger partial charge in [-0.15, -0.1) is 0 Å². The van der Waals surface area contributed by atoms with E-state index in [1.54, 1.807) is 30.0 Å². The van der Waals surface area contributed by atoms with Gasteiger partial charge in [0.25, 0.3) is 5.56 Å². The number of benzene rings is 1. The molecule has 1 heterocycles. The number of aromatic nitrogens is 1. The zero-order chi connectivity index (χ0) is 21.1. The zero-order valence-electron chi connectivity index (χ0n) is 17.2. The first-order valence-corrected chi connectivity index (χ1v) is 10.7. The molecule has 4 aliphatic carbocycles. The van der Waals surface area contributed by atoms with Crippen LogP contribution in [0.1, 0.15) is 45.4 Å². The largest absolute Gasteiger partial charge is 0.368 e. The van der Waals surface area contributed by atoms with Gasteiger partial charge in [0.15, 0.2) is 0 Å². The van der Waals surface area contributed by atoms with Crippen LogP contribution < -0.4 is 16.6 Å². The molecule has 0 spiro atoms. The number of hydrogen-bond donors (Lipinski definition) is 2. The van der Waals surface area contributed by atoms with Crippen LogP contribution in [0.2, 0.25) is 0 Å². The molecular formula is C24H27N3O3. The van der Waals surface area contributed by atoms with Crippen molar-refractivity contribution in [2.45, 2.75) is 52.0 Å². The molecule has 1 aromatic heterocycles. The number of carbonyl (C=O) groups is 2. The molecule has 2 amide bonds. The molecule has 30 heavy (non-hydrogen) atoms. The van der Waals surface area contributed by atoms with Gasteiger partial charge in [-0.05, 0) is 67.1 Å². The molecule has 4 bridgehead atoms. The maximum Gasteiger partial charge on any atom is 0.258 e. The molecule has 6 nitrogen and oxygen atoms in total. The first-order chi connectivity index (χ1) is 14.2. The van der Waals surface area contributed by atoms with Crippen molar-refractivity contribution in [3.05, 3.63) is 52.5 Å². The Balaban J connectivity index is 1.39. The second-order valence-corrected chi connectivity index (χ2v) is 10.00. The van der Waals surface area contributed by atoms with Crippen molar-refractivity contribution in [2.24, 2.45) is 22.5 Å². The van der Waals surface area contributed by atoms with Crippen LogP contribution in [0.5, 0.6) is 0 Å². The van der Waals surface area contributed by atoms with Gasteiger partial charge >= 0.3 is 0 Å². The fourth-order valence-corrected chi connectivity index (χ4v) is 6.71. The van der Waals surface area contributed by atoms with E-state index < -0.39 is 5.91 Å². The molecule has 0 aliphatic heterocycles. The van der Waals surface area contributed by atoms with Gasteiger partial charge in [0, 0.05) is 29.1 Å². The summed E-state index contributed by atoms with van der Waals surface area (Å²) >= 11 is 0. The number of primary amides is 1. The molecule has 2 fully saturated rings. The van der Waals surface area contributed by atoms with Crippen molar-refractivity contribution in [3.63, 3.8) is 0 Å². The average molecular weight is 405 g/mol. The monoisotopic (exact) mass is 405 g/mol. The lowest BCUT2D eigenvalue weighted by molar-refractivity contribution is -0.121. The Morgan fingerprint density at radius 2 is 2.07 bits per heavy atom. The van der Waals surface area contributed by atoms with Gasteiger partial charge in [0.05, 0.1) is 0 Å².